The van der Waals surface area contributed by atoms with Crippen molar-refractivity contribution < 1.29 is 9.16 Å². The molecule has 3 fully saturated rings. The SMILES string of the molecule is C=CO[C@H]1CC[C@H]2[C@@H]3CC=C4C[C@@H](O[Si](C)(C)C(C)(C)C)CC[C@]4(C)[C@H]3CC[C@]12C. The maximum Gasteiger partial charge on any atom is 0.192 e. The van der Waals surface area contributed by atoms with Gasteiger partial charge in [0.05, 0.1) is 6.26 Å². The standard InChI is InChI=1S/C27H46O2Si/c1-9-28-24-13-12-22-21-11-10-19-18-20(29-30(7,8)25(2,3)4)14-16-26(19,5)23(21)15-17-27(22,24)6/h9-10,20-24H,1,11-18H2,2-8H3/t20-,21-,22-,23-,24-,26-,27-/m0/s1. The fourth-order valence-corrected chi connectivity index (χ4v) is 9.00. The number of fused-ring (bicyclic) bond motifs is 5. The van der Waals surface area contributed by atoms with E-state index in [0.29, 0.717) is 28.1 Å². The van der Waals surface area contributed by atoms with Crippen molar-refractivity contribution in [1.29, 1.82) is 0 Å². The van der Waals surface area contributed by atoms with Gasteiger partial charge in [-0.2, -0.15) is 0 Å². The molecule has 0 radical (unpaired) electrons. The number of rotatable bonds is 4. The van der Waals surface area contributed by atoms with E-state index in [1.54, 1.807) is 11.8 Å². The third-order valence-corrected chi connectivity index (χ3v) is 15.0. The zero-order chi connectivity index (χ0) is 21.9. The monoisotopic (exact) mass is 430 g/mol. The van der Waals surface area contributed by atoms with E-state index >= 15 is 0 Å². The molecule has 170 valence electrons. The third kappa shape index (κ3) is 3.47. The number of hydrogen-bond donors (Lipinski definition) is 0. The van der Waals surface area contributed by atoms with Gasteiger partial charge in [-0.15, -0.1) is 0 Å². The van der Waals surface area contributed by atoms with Gasteiger partial charge >= 0.3 is 0 Å². The Labute approximate surface area is 187 Å². The molecule has 3 heteroatoms. The van der Waals surface area contributed by atoms with Crippen LogP contribution in [0.25, 0.3) is 0 Å². The van der Waals surface area contributed by atoms with Crippen LogP contribution in [0, 0.1) is 28.6 Å². The minimum atomic E-state index is -1.70. The molecule has 0 spiro atoms. The average Bonchev–Trinajstić information content (AvgIpc) is 2.98. The van der Waals surface area contributed by atoms with Gasteiger partial charge in [0.2, 0.25) is 0 Å². The smallest absolute Gasteiger partial charge is 0.192 e. The van der Waals surface area contributed by atoms with Crippen molar-refractivity contribution in [3.05, 3.63) is 24.5 Å². The van der Waals surface area contributed by atoms with Crippen LogP contribution in [0.4, 0.5) is 0 Å². The second kappa shape index (κ2) is 7.51. The molecule has 7 atom stereocenters. The topological polar surface area (TPSA) is 18.5 Å². The van der Waals surface area contributed by atoms with Crippen LogP contribution in [-0.4, -0.2) is 20.5 Å². The first-order valence-electron chi connectivity index (χ1n) is 12.6. The molecular weight excluding hydrogens is 384 g/mol. The lowest BCUT2D eigenvalue weighted by Crippen LogP contribution is -2.52. The van der Waals surface area contributed by atoms with Gasteiger partial charge < -0.3 is 9.16 Å². The maximum absolute atomic E-state index is 6.87. The van der Waals surface area contributed by atoms with Crippen molar-refractivity contribution in [1.82, 2.24) is 0 Å². The van der Waals surface area contributed by atoms with Crippen molar-refractivity contribution in [2.75, 3.05) is 0 Å². The van der Waals surface area contributed by atoms with Gasteiger partial charge in [0.1, 0.15) is 6.10 Å². The molecule has 2 nitrogen and oxygen atoms in total. The summed E-state index contributed by atoms with van der Waals surface area (Å²) >= 11 is 0. The molecule has 30 heavy (non-hydrogen) atoms. The van der Waals surface area contributed by atoms with Crippen LogP contribution in [0.2, 0.25) is 18.1 Å². The largest absolute Gasteiger partial charge is 0.498 e. The Balaban J connectivity index is 1.52. The lowest BCUT2D eigenvalue weighted by Gasteiger charge is -2.58. The molecule has 0 unspecified atom stereocenters. The Kier molecular flexibility index (Phi) is 5.67. The van der Waals surface area contributed by atoms with Crippen molar-refractivity contribution in [3.8, 4) is 0 Å². The van der Waals surface area contributed by atoms with E-state index in [1.807, 2.05) is 0 Å². The highest BCUT2D eigenvalue weighted by atomic mass is 28.4. The fraction of sp³-hybridized carbons (Fsp3) is 0.852. The van der Waals surface area contributed by atoms with Gasteiger partial charge in [-0.1, -0.05) is 52.8 Å². The van der Waals surface area contributed by atoms with Gasteiger partial charge in [0.15, 0.2) is 8.32 Å². The van der Waals surface area contributed by atoms with Crippen molar-refractivity contribution in [3.63, 3.8) is 0 Å². The predicted octanol–water partition coefficient (Wildman–Crippen LogP) is 7.87. The zero-order valence-corrected chi connectivity index (χ0v) is 21.7. The van der Waals surface area contributed by atoms with Crippen molar-refractivity contribution in [2.45, 2.75) is 116 Å². The highest BCUT2D eigenvalue weighted by Gasteiger charge is 2.59. The van der Waals surface area contributed by atoms with Crippen LogP contribution in [0.1, 0.15) is 86.0 Å². The molecule has 0 aromatic carbocycles. The summed E-state index contributed by atoms with van der Waals surface area (Å²) in [6.45, 7) is 20.9. The molecule has 0 aliphatic heterocycles. The van der Waals surface area contributed by atoms with Gasteiger partial charge in [-0.25, -0.2) is 0 Å². The summed E-state index contributed by atoms with van der Waals surface area (Å²) in [5, 5.41) is 0.292. The molecule has 4 rings (SSSR count). The molecule has 0 saturated heterocycles. The molecule has 0 N–H and O–H groups in total. The van der Waals surface area contributed by atoms with Crippen molar-refractivity contribution >= 4 is 8.32 Å². The first-order chi connectivity index (χ1) is 13.9. The van der Waals surface area contributed by atoms with Crippen LogP contribution in [0.15, 0.2) is 24.5 Å². The number of ether oxygens (including phenoxy) is 1. The van der Waals surface area contributed by atoms with Gasteiger partial charge in [0.25, 0.3) is 0 Å². The average molecular weight is 431 g/mol. The summed E-state index contributed by atoms with van der Waals surface area (Å²) in [4.78, 5) is 0. The number of allylic oxidation sites excluding steroid dienone is 1. The van der Waals surface area contributed by atoms with Crippen LogP contribution < -0.4 is 0 Å². The van der Waals surface area contributed by atoms with E-state index in [1.165, 1.54) is 51.4 Å². The van der Waals surface area contributed by atoms with Crippen LogP contribution in [-0.2, 0) is 9.16 Å². The molecule has 4 aliphatic rings. The molecule has 3 saturated carbocycles. The van der Waals surface area contributed by atoms with E-state index in [-0.39, 0.29) is 0 Å². The molecule has 0 aromatic heterocycles. The van der Waals surface area contributed by atoms with E-state index in [2.05, 4.69) is 60.4 Å². The highest BCUT2D eigenvalue weighted by Crippen LogP contribution is 2.65. The van der Waals surface area contributed by atoms with Crippen molar-refractivity contribution in [2.24, 2.45) is 28.6 Å². The molecule has 0 aromatic rings. The second-order valence-corrected chi connectivity index (χ2v) is 17.7. The Bertz CT molecular complexity index is 704. The summed E-state index contributed by atoms with van der Waals surface area (Å²) in [6.07, 6.45) is 15.4. The Morgan fingerprint density at radius 3 is 2.47 bits per heavy atom. The first-order valence-corrected chi connectivity index (χ1v) is 15.5. The van der Waals surface area contributed by atoms with Crippen LogP contribution >= 0.6 is 0 Å². The lowest BCUT2D eigenvalue weighted by atomic mass is 9.48. The zero-order valence-electron chi connectivity index (χ0n) is 20.7. The normalized spacial score (nSPS) is 43.8. The van der Waals surface area contributed by atoms with Crippen LogP contribution in [0.5, 0.6) is 0 Å². The summed E-state index contributed by atoms with van der Waals surface area (Å²) in [7, 11) is -1.70. The van der Waals surface area contributed by atoms with E-state index in [0.717, 1.165) is 17.8 Å². The van der Waals surface area contributed by atoms with Gasteiger partial charge in [0, 0.05) is 11.5 Å². The summed E-state index contributed by atoms with van der Waals surface area (Å²) < 4.78 is 12.9. The van der Waals surface area contributed by atoms with Gasteiger partial charge in [-0.3, -0.25) is 0 Å². The van der Waals surface area contributed by atoms with E-state index in [4.69, 9.17) is 9.16 Å². The first kappa shape index (κ1) is 22.6. The Morgan fingerprint density at radius 1 is 1.07 bits per heavy atom. The van der Waals surface area contributed by atoms with Gasteiger partial charge in [-0.05, 0) is 92.7 Å². The number of hydrogen-bond acceptors (Lipinski definition) is 2. The lowest BCUT2D eigenvalue weighted by molar-refractivity contribution is -0.0736. The maximum atomic E-state index is 6.87. The Hall–Kier alpha value is -0.543. The molecular formula is C27H46O2Si. The minimum absolute atomic E-state index is 0.292. The summed E-state index contributed by atoms with van der Waals surface area (Å²) in [5.41, 5.74) is 2.48. The summed E-state index contributed by atoms with van der Waals surface area (Å²) in [5.74, 6) is 2.51. The van der Waals surface area contributed by atoms with Crippen LogP contribution in [0.3, 0.4) is 0 Å². The predicted molar refractivity (Wildman–Crippen MR) is 129 cm³/mol. The molecule has 4 aliphatic carbocycles. The Morgan fingerprint density at radius 2 is 1.80 bits per heavy atom. The molecule has 0 bridgehead atoms. The second-order valence-electron chi connectivity index (χ2n) is 12.9. The highest BCUT2D eigenvalue weighted by molar-refractivity contribution is 6.74. The summed E-state index contributed by atoms with van der Waals surface area (Å²) in [6, 6.07) is 0. The quantitative estimate of drug-likeness (QED) is 0.257. The molecule has 0 amide bonds. The third-order valence-electron chi connectivity index (χ3n) is 10.5. The van der Waals surface area contributed by atoms with E-state index in [9.17, 15) is 0 Å². The fourth-order valence-electron chi connectivity index (χ4n) is 7.61. The minimum Gasteiger partial charge on any atom is -0.498 e. The molecule has 0 heterocycles. The van der Waals surface area contributed by atoms with E-state index < -0.39 is 8.32 Å².